The van der Waals surface area contributed by atoms with E-state index in [4.69, 9.17) is 4.74 Å². The number of amides is 1. The number of carbonyl (C=O) groups is 1. The molecule has 1 aromatic carbocycles. The van der Waals surface area contributed by atoms with E-state index in [9.17, 15) is 4.79 Å². The number of nitrogens with one attached hydrogen (secondary N) is 1. The molecule has 0 unspecified atom stereocenters. The number of nitrogens with zero attached hydrogens (tertiary/aromatic N) is 3. The van der Waals surface area contributed by atoms with Crippen LogP contribution in [0.15, 0.2) is 18.2 Å². The van der Waals surface area contributed by atoms with Crippen molar-refractivity contribution in [3.8, 4) is 5.75 Å². The van der Waals surface area contributed by atoms with Crippen LogP contribution in [0.5, 0.6) is 5.75 Å². The highest BCUT2D eigenvalue weighted by Crippen LogP contribution is 2.22. The monoisotopic (exact) mass is 402 g/mol. The Bertz CT molecular complexity index is 658. The number of benzene rings is 1. The third kappa shape index (κ3) is 6.98. The lowest BCUT2D eigenvalue weighted by Gasteiger charge is -2.32. The van der Waals surface area contributed by atoms with Crippen molar-refractivity contribution in [1.29, 1.82) is 0 Å². The summed E-state index contributed by atoms with van der Waals surface area (Å²) in [5, 5.41) is 3.19. The van der Waals surface area contributed by atoms with Gasteiger partial charge in [-0.2, -0.15) is 0 Å². The van der Waals surface area contributed by atoms with E-state index in [0.29, 0.717) is 12.5 Å². The highest BCUT2D eigenvalue weighted by atomic mass is 16.5. The summed E-state index contributed by atoms with van der Waals surface area (Å²) in [6.07, 6.45) is 3.45. The van der Waals surface area contributed by atoms with Crippen LogP contribution >= 0.6 is 0 Å². The quantitative estimate of drug-likeness (QED) is 0.756. The maximum atomic E-state index is 12.4. The van der Waals surface area contributed by atoms with Crippen LogP contribution in [-0.4, -0.2) is 87.1 Å². The van der Waals surface area contributed by atoms with E-state index in [1.165, 1.54) is 11.1 Å². The zero-order valence-electron chi connectivity index (χ0n) is 18.5. The number of methoxy groups -OCH3 is 1. The molecule has 0 spiro atoms. The van der Waals surface area contributed by atoms with Gasteiger partial charge in [0.2, 0.25) is 5.91 Å². The fourth-order valence-corrected chi connectivity index (χ4v) is 4.34. The first kappa shape index (κ1) is 22.1. The Balaban J connectivity index is 1.35. The molecule has 0 saturated carbocycles. The van der Waals surface area contributed by atoms with Crippen LogP contribution in [-0.2, 0) is 11.3 Å². The van der Waals surface area contributed by atoms with Crippen LogP contribution in [0.2, 0.25) is 0 Å². The van der Waals surface area contributed by atoms with Crippen LogP contribution in [0.3, 0.4) is 0 Å². The first-order valence-electron chi connectivity index (χ1n) is 11.1. The third-order valence-corrected chi connectivity index (χ3v) is 6.35. The van der Waals surface area contributed by atoms with Gasteiger partial charge in [-0.1, -0.05) is 12.1 Å². The molecular weight excluding hydrogens is 364 g/mol. The van der Waals surface area contributed by atoms with E-state index >= 15 is 0 Å². The molecule has 1 aromatic rings. The van der Waals surface area contributed by atoms with Crippen LogP contribution < -0.4 is 10.1 Å². The van der Waals surface area contributed by atoms with Crippen LogP contribution in [0, 0.1) is 12.8 Å². The Labute approximate surface area is 176 Å². The summed E-state index contributed by atoms with van der Waals surface area (Å²) in [6.45, 7) is 10.8. The molecule has 1 amide bonds. The maximum absolute atomic E-state index is 12.4. The van der Waals surface area contributed by atoms with Crippen molar-refractivity contribution in [2.24, 2.45) is 5.92 Å². The number of aryl methyl sites for hydroxylation is 1. The van der Waals surface area contributed by atoms with Crippen molar-refractivity contribution >= 4 is 5.91 Å². The molecule has 2 aliphatic heterocycles. The molecule has 2 heterocycles. The molecule has 0 aliphatic carbocycles. The smallest absolute Gasteiger partial charge is 0.234 e. The molecule has 2 aliphatic rings. The number of likely N-dealkylation sites (tertiary alicyclic amines) is 1. The average molecular weight is 403 g/mol. The summed E-state index contributed by atoms with van der Waals surface area (Å²) < 4.78 is 5.45. The lowest BCUT2D eigenvalue weighted by atomic mass is 9.96. The number of rotatable bonds is 7. The van der Waals surface area contributed by atoms with Gasteiger partial charge in [0.1, 0.15) is 5.75 Å². The zero-order valence-corrected chi connectivity index (χ0v) is 18.5. The van der Waals surface area contributed by atoms with Crippen molar-refractivity contribution in [3.05, 3.63) is 29.3 Å². The molecule has 29 heavy (non-hydrogen) atoms. The summed E-state index contributed by atoms with van der Waals surface area (Å²) in [6, 6.07) is 6.49. The summed E-state index contributed by atoms with van der Waals surface area (Å²) in [5.74, 6) is 1.75. The minimum Gasteiger partial charge on any atom is -0.496 e. The van der Waals surface area contributed by atoms with E-state index < -0.39 is 0 Å². The standard InChI is InChI=1S/C23H38N4O2/c1-19-5-6-21(15-22(19)29-3)17-27-11-7-20(8-12-27)16-24-23(28)18-26-10-4-9-25(2)13-14-26/h5-6,15,20H,4,7-14,16-18H2,1-3H3,(H,24,28). The van der Waals surface area contributed by atoms with Crippen LogP contribution in [0.4, 0.5) is 0 Å². The molecule has 0 radical (unpaired) electrons. The number of piperidine rings is 1. The van der Waals surface area contributed by atoms with Crippen LogP contribution in [0.1, 0.15) is 30.4 Å². The number of carbonyl (C=O) groups excluding carboxylic acids is 1. The number of hydrogen-bond acceptors (Lipinski definition) is 5. The normalized spacial score (nSPS) is 20.4. The fraction of sp³-hybridized carbons (Fsp3) is 0.696. The summed E-state index contributed by atoms with van der Waals surface area (Å²) in [4.78, 5) is 19.5. The van der Waals surface area contributed by atoms with E-state index in [1.54, 1.807) is 7.11 Å². The van der Waals surface area contributed by atoms with Gasteiger partial charge in [0, 0.05) is 26.2 Å². The Kier molecular flexibility index (Phi) is 8.33. The predicted octanol–water partition coefficient (Wildman–Crippen LogP) is 1.97. The van der Waals surface area contributed by atoms with Crippen molar-refractivity contribution in [1.82, 2.24) is 20.0 Å². The van der Waals surface area contributed by atoms with E-state index in [0.717, 1.165) is 77.4 Å². The number of hydrogen-bond donors (Lipinski definition) is 1. The molecular formula is C23H38N4O2. The van der Waals surface area contributed by atoms with Crippen molar-refractivity contribution in [2.45, 2.75) is 32.7 Å². The molecule has 3 rings (SSSR count). The maximum Gasteiger partial charge on any atom is 0.234 e. The molecule has 1 N–H and O–H groups in total. The van der Waals surface area contributed by atoms with Gasteiger partial charge in [-0.05, 0) is 82.5 Å². The number of likely N-dealkylation sites (N-methyl/N-ethyl adjacent to an activating group) is 1. The first-order valence-corrected chi connectivity index (χ1v) is 11.1. The zero-order chi connectivity index (χ0) is 20.6. The Hall–Kier alpha value is -1.63. The Morgan fingerprint density at radius 2 is 1.90 bits per heavy atom. The van der Waals surface area contributed by atoms with E-state index in [-0.39, 0.29) is 5.91 Å². The predicted molar refractivity (Wildman–Crippen MR) is 117 cm³/mol. The lowest BCUT2D eigenvalue weighted by Crippen LogP contribution is -2.42. The SMILES string of the molecule is COc1cc(CN2CCC(CNC(=O)CN3CCCN(C)CC3)CC2)ccc1C. The first-order chi connectivity index (χ1) is 14.0. The summed E-state index contributed by atoms with van der Waals surface area (Å²) >= 11 is 0. The number of ether oxygens (including phenoxy) is 1. The average Bonchev–Trinajstić information content (AvgIpc) is 2.93. The second-order valence-electron chi connectivity index (χ2n) is 8.76. The molecule has 0 bridgehead atoms. The van der Waals surface area contributed by atoms with Gasteiger partial charge < -0.3 is 15.0 Å². The molecule has 162 valence electrons. The lowest BCUT2D eigenvalue weighted by molar-refractivity contribution is -0.122. The van der Waals surface area contributed by atoms with Gasteiger partial charge in [0.15, 0.2) is 0 Å². The summed E-state index contributed by atoms with van der Waals surface area (Å²) in [7, 11) is 3.89. The van der Waals surface area contributed by atoms with Gasteiger partial charge in [0.05, 0.1) is 13.7 Å². The topological polar surface area (TPSA) is 48.1 Å². The Morgan fingerprint density at radius 1 is 1.10 bits per heavy atom. The second kappa shape index (κ2) is 11.0. The third-order valence-electron chi connectivity index (χ3n) is 6.35. The molecule has 2 saturated heterocycles. The summed E-state index contributed by atoms with van der Waals surface area (Å²) in [5.41, 5.74) is 2.49. The molecule has 6 nitrogen and oxygen atoms in total. The Morgan fingerprint density at radius 3 is 2.66 bits per heavy atom. The highest BCUT2D eigenvalue weighted by molar-refractivity contribution is 5.78. The van der Waals surface area contributed by atoms with Crippen molar-refractivity contribution < 1.29 is 9.53 Å². The van der Waals surface area contributed by atoms with Crippen molar-refractivity contribution in [2.75, 3.05) is 66.5 Å². The van der Waals surface area contributed by atoms with Crippen LogP contribution in [0.25, 0.3) is 0 Å². The second-order valence-corrected chi connectivity index (χ2v) is 8.76. The van der Waals surface area contributed by atoms with E-state index in [2.05, 4.69) is 52.2 Å². The van der Waals surface area contributed by atoms with Gasteiger partial charge in [-0.25, -0.2) is 0 Å². The molecule has 0 aromatic heterocycles. The fourth-order valence-electron chi connectivity index (χ4n) is 4.34. The van der Waals surface area contributed by atoms with Gasteiger partial charge in [0.25, 0.3) is 0 Å². The van der Waals surface area contributed by atoms with E-state index in [1.807, 2.05) is 0 Å². The van der Waals surface area contributed by atoms with Gasteiger partial charge in [-0.15, -0.1) is 0 Å². The molecule has 2 fully saturated rings. The minimum atomic E-state index is 0.184. The molecule has 6 heteroatoms. The highest BCUT2D eigenvalue weighted by Gasteiger charge is 2.21. The minimum absolute atomic E-state index is 0.184. The van der Waals surface area contributed by atoms with Crippen molar-refractivity contribution in [3.63, 3.8) is 0 Å². The van der Waals surface area contributed by atoms with Gasteiger partial charge in [-0.3, -0.25) is 14.6 Å². The molecule has 0 atom stereocenters. The van der Waals surface area contributed by atoms with Gasteiger partial charge >= 0.3 is 0 Å². The largest absolute Gasteiger partial charge is 0.496 e.